The van der Waals surface area contributed by atoms with Gasteiger partial charge in [-0.15, -0.1) is 0 Å². The zero-order valence-corrected chi connectivity index (χ0v) is 12.7. The molecule has 2 fully saturated rings. The molecule has 3 atom stereocenters. The highest BCUT2D eigenvalue weighted by Gasteiger charge is 2.57. The van der Waals surface area contributed by atoms with Crippen LogP contribution in [0.25, 0.3) is 0 Å². The Labute approximate surface area is 129 Å². The molecule has 0 spiro atoms. The molecule has 3 rings (SSSR count). The monoisotopic (exact) mass is 309 g/mol. The number of methoxy groups -OCH3 is 1. The maximum atomic E-state index is 14.3. The number of benzene rings is 1. The van der Waals surface area contributed by atoms with Crippen LogP contribution in [0, 0.1) is 5.92 Å². The van der Waals surface area contributed by atoms with Crippen LogP contribution in [0.15, 0.2) is 30.3 Å². The van der Waals surface area contributed by atoms with Gasteiger partial charge >= 0.3 is 5.97 Å². The van der Waals surface area contributed by atoms with Crippen molar-refractivity contribution in [1.82, 2.24) is 4.90 Å². The third kappa shape index (κ3) is 3.00. The Morgan fingerprint density at radius 1 is 1.32 bits per heavy atom. The first kappa shape index (κ1) is 15.4. The van der Waals surface area contributed by atoms with Gasteiger partial charge in [-0.3, -0.25) is 9.69 Å². The molecule has 2 saturated heterocycles. The summed E-state index contributed by atoms with van der Waals surface area (Å²) in [4.78, 5) is 13.4. The van der Waals surface area contributed by atoms with Crippen molar-refractivity contribution in [2.24, 2.45) is 5.92 Å². The highest BCUT2D eigenvalue weighted by atomic mass is 19.3. The standard InChI is InChI=1S/C17H21F2NO2/c1-22-16(21)9-13-7-14-10-17(18,19)15(8-13)20(14)11-12-5-3-2-4-6-12/h2-6,13-15H,7-11H2,1H3/t13?,14-,15+/m1/s1. The van der Waals surface area contributed by atoms with Crippen molar-refractivity contribution < 1.29 is 18.3 Å². The fraction of sp³-hybridized carbons (Fsp3) is 0.588. The highest BCUT2D eigenvalue weighted by Crippen LogP contribution is 2.48. The number of hydrogen-bond donors (Lipinski definition) is 0. The van der Waals surface area contributed by atoms with E-state index in [2.05, 4.69) is 4.74 Å². The van der Waals surface area contributed by atoms with Crippen molar-refractivity contribution in [3.05, 3.63) is 35.9 Å². The minimum absolute atomic E-state index is 0.00264. The van der Waals surface area contributed by atoms with E-state index >= 15 is 0 Å². The van der Waals surface area contributed by atoms with Crippen LogP contribution in [0.5, 0.6) is 0 Å². The molecule has 1 unspecified atom stereocenters. The molecule has 2 aliphatic heterocycles. The van der Waals surface area contributed by atoms with Crippen LogP contribution in [0.1, 0.15) is 31.2 Å². The molecule has 120 valence electrons. The first-order valence-electron chi connectivity index (χ1n) is 7.74. The summed E-state index contributed by atoms with van der Waals surface area (Å²) >= 11 is 0. The van der Waals surface area contributed by atoms with Gasteiger partial charge in [0.2, 0.25) is 0 Å². The lowest BCUT2D eigenvalue weighted by Crippen LogP contribution is -2.46. The second-order valence-corrected chi connectivity index (χ2v) is 6.41. The number of ether oxygens (including phenoxy) is 1. The van der Waals surface area contributed by atoms with Gasteiger partial charge in [-0.1, -0.05) is 30.3 Å². The van der Waals surface area contributed by atoms with E-state index in [-0.39, 0.29) is 30.8 Å². The molecular formula is C17H21F2NO2. The number of hydrogen-bond acceptors (Lipinski definition) is 3. The molecule has 0 saturated carbocycles. The average molecular weight is 309 g/mol. The van der Waals surface area contributed by atoms with E-state index < -0.39 is 12.0 Å². The van der Waals surface area contributed by atoms with Gasteiger partial charge in [-0.05, 0) is 24.3 Å². The summed E-state index contributed by atoms with van der Waals surface area (Å²) in [5, 5.41) is 0. The largest absolute Gasteiger partial charge is 0.469 e. The summed E-state index contributed by atoms with van der Waals surface area (Å²) in [5.41, 5.74) is 1.06. The van der Waals surface area contributed by atoms with Crippen LogP contribution in [0.4, 0.5) is 8.78 Å². The molecule has 0 radical (unpaired) electrons. The Balaban J connectivity index is 1.73. The number of fused-ring (bicyclic) bond motifs is 2. The summed E-state index contributed by atoms with van der Waals surface area (Å²) in [7, 11) is 1.34. The maximum absolute atomic E-state index is 14.3. The molecule has 0 aliphatic carbocycles. The fourth-order valence-electron chi connectivity index (χ4n) is 3.91. The van der Waals surface area contributed by atoms with Crippen LogP contribution in [0.2, 0.25) is 0 Å². The quantitative estimate of drug-likeness (QED) is 0.800. The number of nitrogens with zero attached hydrogens (tertiary/aromatic N) is 1. The van der Waals surface area contributed by atoms with E-state index in [0.717, 1.165) is 5.56 Å². The molecule has 1 aromatic rings. The molecule has 0 N–H and O–H groups in total. The number of carbonyl (C=O) groups is 1. The molecule has 0 aromatic heterocycles. The maximum Gasteiger partial charge on any atom is 0.305 e. The third-order valence-corrected chi connectivity index (χ3v) is 4.92. The number of rotatable bonds is 4. The summed E-state index contributed by atoms with van der Waals surface area (Å²) < 4.78 is 33.3. The minimum Gasteiger partial charge on any atom is -0.469 e. The van der Waals surface area contributed by atoms with E-state index in [1.807, 2.05) is 35.2 Å². The minimum atomic E-state index is -2.66. The van der Waals surface area contributed by atoms with Crippen molar-refractivity contribution in [2.45, 2.75) is 50.2 Å². The average Bonchev–Trinajstić information content (AvgIpc) is 2.63. The molecular weight excluding hydrogens is 288 g/mol. The zero-order valence-electron chi connectivity index (χ0n) is 12.7. The predicted molar refractivity (Wildman–Crippen MR) is 78.5 cm³/mol. The third-order valence-electron chi connectivity index (χ3n) is 4.92. The number of alkyl halides is 2. The Morgan fingerprint density at radius 2 is 2.05 bits per heavy atom. The fourth-order valence-corrected chi connectivity index (χ4v) is 3.91. The van der Waals surface area contributed by atoms with Crippen molar-refractivity contribution >= 4 is 5.97 Å². The molecule has 0 amide bonds. The Hall–Kier alpha value is -1.49. The first-order chi connectivity index (χ1) is 10.5. The summed E-state index contributed by atoms with van der Waals surface area (Å²) in [6.07, 6.45) is 1.17. The topological polar surface area (TPSA) is 29.5 Å². The van der Waals surface area contributed by atoms with Gasteiger partial charge in [0.1, 0.15) is 0 Å². The molecule has 2 heterocycles. The van der Waals surface area contributed by atoms with Crippen LogP contribution < -0.4 is 0 Å². The summed E-state index contributed by atoms with van der Waals surface area (Å²) in [6.45, 7) is 0.552. The number of piperidine rings is 1. The summed E-state index contributed by atoms with van der Waals surface area (Å²) in [5.74, 6) is -2.96. The molecule has 2 aliphatic rings. The van der Waals surface area contributed by atoms with Crippen molar-refractivity contribution in [3.8, 4) is 0 Å². The zero-order chi connectivity index (χ0) is 15.7. The highest BCUT2D eigenvalue weighted by molar-refractivity contribution is 5.69. The van der Waals surface area contributed by atoms with Crippen LogP contribution >= 0.6 is 0 Å². The first-order valence-corrected chi connectivity index (χ1v) is 7.74. The van der Waals surface area contributed by atoms with Gasteiger partial charge in [0.15, 0.2) is 0 Å². The van der Waals surface area contributed by atoms with Crippen molar-refractivity contribution in [2.75, 3.05) is 7.11 Å². The van der Waals surface area contributed by atoms with Gasteiger partial charge in [0.05, 0.1) is 13.2 Å². The second kappa shape index (κ2) is 5.95. The van der Waals surface area contributed by atoms with Gasteiger partial charge in [0, 0.05) is 25.4 Å². The van der Waals surface area contributed by atoms with Crippen molar-refractivity contribution in [1.29, 1.82) is 0 Å². The lowest BCUT2D eigenvalue weighted by atomic mass is 9.87. The van der Waals surface area contributed by atoms with Crippen LogP contribution in [0.3, 0.4) is 0 Å². The van der Waals surface area contributed by atoms with E-state index in [1.54, 1.807) is 0 Å². The number of halogens is 2. The van der Waals surface area contributed by atoms with Gasteiger partial charge in [-0.25, -0.2) is 8.78 Å². The van der Waals surface area contributed by atoms with Crippen molar-refractivity contribution in [3.63, 3.8) is 0 Å². The van der Waals surface area contributed by atoms with Gasteiger partial charge < -0.3 is 4.74 Å². The SMILES string of the molecule is COC(=O)CC1C[C@@H]2CC(F)(F)[C@H](C1)N2Cc1ccccc1. The van der Waals surface area contributed by atoms with E-state index in [0.29, 0.717) is 19.4 Å². The van der Waals surface area contributed by atoms with Crippen LogP contribution in [-0.4, -0.2) is 36.0 Å². The second-order valence-electron chi connectivity index (χ2n) is 6.41. The summed E-state index contributed by atoms with van der Waals surface area (Å²) in [6, 6.07) is 8.81. The van der Waals surface area contributed by atoms with Crippen LogP contribution in [-0.2, 0) is 16.1 Å². The van der Waals surface area contributed by atoms with E-state index in [1.165, 1.54) is 7.11 Å². The Kier molecular flexibility index (Phi) is 4.17. The van der Waals surface area contributed by atoms with Gasteiger partial charge in [0.25, 0.3) is 5.92 Å². The number of esters is 1. The molecule has 1 aromatic carbocycles. The predicted octanol–water partition coefficient (Wildman–Crippen LogP) is 3.24. The normalized spacial score (nSPS) is 30.2. The Bertz CT molecular complexity index is 535. The van der Waals surface area contributed by atoms with Gasteiger partial charge in [-0.2, -0.15) is 0 Å². The van der Waals surface area contributed by atoms with E-state index in [4.69, 9.17) is 0 Å². The van der Waals surface area contributed by atoms with E-state index in [9.17, 15) is 13.6 Å². The molecule has 22 heavy (non-hydrogen) atoms. The Morgan fingerprint density at radius 3 is 2.68 bits per heavy atom. The molecule has 3 nitrogen and oxygen atoms in total. The smallest absolute Gasteiger partial charge is 0.305 e. The molecule has 2 bridgehead atoms. The lowest BCUT2D eigenvalue weighted by Gasteiger charge is -2.38. The lowest BCUT2D eigenvalue weighted by molar-refractivity contribution is -0.142. The number of carbonyl (C=O) groups excluding carboxylic acids is 1. The molecule has 5 heteroatoms.